The molecule has 6 nitrogen and oxygen atoms in total. The van der Waals surface area contributed by atoms with Crippen LogP contribution in [0.5, 0.6) is 11.5 Å². The summed E-state index contributed by atoms with van der Waals surface area (Å²) in [6.07, 6.45) is 1.71. The van der Waals surface area contributed by atoms with Crippen LogP contribution >= 0.6 is 0 Å². The van der Waals surface area contributed by atoms with E-state index in [4.69, 9.17) is 9.47 Å². The third kappa shape index (κ3) is 3.47. The maximum absolute atomic E-state index is 12.6. The van der Waals surface area contributed by atoms with Crippen LogP contribution in [0.2, 0.25) is 0 Å². The lowest BCUT2D eigenvalue weighted by Gasteiger charge is -2.18. The van der Waals surface area contributed by atoms with Crippen LogP contribution < -0.4 is 14.8 Å². The highest BCUT2D eigenvalue weighted by atomic mass is 16.6. The first-order valence-electron chi connectivity index (χ1n) is 9.35. The third-order valence-corrected chi connectivity index (χ3v) is 4.76. The third-order valence-electron chi connectivity index (χ3n) is 4.76. The molecule has 6 heteroatoms. The molecule has 27 heavy (non-hydrogen) atoms. The first-order valence-corrected chi connectivity index (χ1v) is 9.35. The molecule has 0 fully saturated rings. The van der Waals surface area contributed by atoms with Gasteiger partial charge in [-0.3, -0.25) is 4.79 Å². The molecular formula is C21H23N3O3. The van der Waals surface area contributed by atoms with Gasteiger partial charge in [-0.05, 0) is 24.1 Å². The van der Waals surface area contributed by atoms with Crippen molar-refractivity contribution in [1.82, 2.24) is 9.55 Å². The topological polar surface area (TPSA) is 65.4 Å². The van der Waals surface area contributed by atoms with Gasteiger partial charge in [-0.1, -0.05) is 26.0 Å². The van der Waals surface area contributed by atoms with Crippen molar-refractivity contribution in [2.45, 2.75) is 33.2 Å². The molecule has 140 valence electrons. The Hall–Kier alpha value is -3.02. The maximum Gasteiger partial charge on any atom is 0.244 e. The molecule has 2 heterocycles. The van der Waals surface area contributed by atoms with Gasteiger partial charge in [0.2, 0.25) is 5.91 Å². The number of carbonyl (C=O) groups is 1. The highest BCUT2D eigenvalue weighted by Crippen LogP contribution is 2.34. The standard InChI is InChI=1S/C21H23N3O3/c1-3-14-5-7-15(8-6-14)22-21(25)13-24-17-12-19-18(26-9-10-27-19)11-16(17)23-20(24)4-2/h5-8,11-12H,3-4,9-10,13H2,1-2H3,(H,22,25). The van der Waals surface area contributed by atoms with Crippen molar-refractivity contribution in [2.24, 2.45) is 0 Å². The molecule has 2 aromatic carbocycles. The van der Waals surface area contributed by atoms with E-state index in [9.17, 15) is 4.79 Å². The van der Waals surface area contributed by atoms with Crippen LogP contribution in [0, 0.1) is 0 Å². The number of hydrogen-bond donors (Lipinski definition) is 1. The van der Waals surface area contributed by atoms with Gasteiger partial charge in [-0.25, -0.2) is 4.98 Å². The van der Waals surface area contributed by atoms with E-state index in [0.717, 1.165) is 35.4 Å². The number of aryl methyl sites for hydroxylation is 2. The maximum atomic E-state index is 12.6. The molecule has 0 atom stereocenters. The summed E-state index contributed by atoms with van der Waals surface area (Å²) in [5.41, 5.74) is 3.74. The number of nitrogens with zero attached hydrogens (tertiary/aromatic N) is 2. The van der Waals surface area contributed by atoms with E-state index in [2.05, 4.69) is 17.2 Å². The zero-order valence-corrected chi connectivity index (χ0v) is 15.6. The van der Waals surface area contributed by atoms with Crippen molar-refractivity contribution >= 4 is 22.6 Å². The van der Waals surface area contributed by atoms with Crippen LogP contribution in [-0.4, -0.2) is 28.7 Å². The number of aromatic nitrogens is 2. The molecule has 0 radical (unpaired) electrons. The number of ether oxygens (including phenoxy) is 2. The number of imidazole rings is 1. The van der Waals surface area contributed by atoms with Crippen LogP contribution in [0.1, 0.15) is 25.2 Å². The summed E-state index contributed by atoms with van der Waals surface area (Å²) < 4.78 is 13.3. The lowest BCUT2D eigenvalue weighted by molar-refractivity contribution is -0.116. The van der Waals surface area contributed by atoms with Crippen molar-refractivity contribution in [3.8, 4) is 11.5 Å². The zero-order valence-electron chi connectivity index (χ0n) is 15.6. The molecule has 0 saturated heterocycles. The minimum atomic E-state index is -0.0804. The summed E-state index contributed by atoms with van der Waals surface area (Å²) in [6.45, 7) is 5.42. The van der Waals surface area contributed by atoms with Gasteiger partial charge in [-0.15, -0.1) is 0 Å². The van der Waals surface area contributed by atoms with Gasteiger partial charge in [0.25, 0.3) is 0 Å². The summed E-state index contributed by atoms with van der Waals surface area (Å²) in [7, 11) is 0. The molecular weight excluding hydrogens is 342 g/mol. The summed E-state index contributed by atoms with van der Waals surface area (Å²) in [5, 5.41) is 2.97. The smallest absolute Gasteiger partial charge is 0.244 e. The first-order chi connectivity index (χ1) is 13.2. The monoisotopic (exact) mass is 365 g/mol. The Balaban J connectivity index is 1.60. The largest absolute Gasteiger partial charge is 0.486 e. The summed E-state index contributed by atoms with van der Waals surface area (Å²) >= 11 is 0. The molecule has 1 N–H and O–H groups in total. The van der Waals surface area contributed by atoms with Crippen molar-refractivity contribution in [3.05, 3.63) is 47.8 Å². The second-order valence-electron chi connectivity index (χ2n) is 6.55. The number of rotatable bonds is 5. The van der Waals surface area contributed by atoms with Crippen LogP contribution in [0.15, 0.2) is 36.4 Å². The fourth-order valence-electron chi connectivity index (χ4n) is 3.33. The summed E-state index contributed by atoms with van der Waals surface area (Å²) in [6, 6.07) is 11.7. The minimum Gasteiger partial charge on any atom is -0.486 e. The average molecular weight is 365 g/mol. The van der Waals surface area contributed by atoms with E-state index in [-0.39, 0.29) is 12.5 Å². The van der Waals surface area contributed by atoms with Gasteiger partial charge in [0.05, 0.1) is 11.0 Å². The number of hydrogen-bond acceptors (Lipinski definition) is 4. The Bertz CT molecular complexity index is 976. The Morgan fingerprint density at radius 3 is 2.44 bits per heavy atom. The van der Waals surface area contributed by atoms with Crippen molar-refractivity contribution in [1.29, 1.82) is 0 Å². The predicted octanol–water partition coefficient (Wildman–Crippen LogP) is 3.57. The van der Waals surface area contributed by atoms with Gasteiger partial charge in [0, 0.05) is 24.2 Å². The Morgan fingerprint density at radius 1 is 1.07 bits per heavy atom. The van der Waals surface area contributed by atoms with E-state index >= 15 is 0 Å². The molecule has 1 aromatic heterocycles. The quantitative estimate of drug-likeness (QED) is 0.751. The fourth-order valence-corrected chi connectivity index (χ4v) is 3.33. The minimum absolute atomic E-state index is 0.0804. The SMILES string of the molecule is CCc1ccc(NC(=O)Cn2c(CC)nc3cc4c(cc32)OCCO4)cc1. The summed E-state index contributed by atoms with van der Waals surface area (Å²) in [4.78, 5) is 17.3. The van der Waals surface area contributed by atoms with Gasteiger partial charge in [0.15, 0.2) is 11.5 Å². The first kappa shape index (κ1) is 17.4. The van der Waals surface area contributed by atoms with E-state index in [1.807, 2.05) is 47.9 Å². The zero-order chi connectivity index (χ0) is 18.8. The Morgan fingerprint density at radius 2 is 1.78 bits per heavy atom. The fraction of sp³-hybridized carbons (Fsp3) is 0.333. The molecule has 0 bridgehead atoms. The highest BCUT2D eigenvalue weighted by molar-refractivity contribution is 5.92. The predicted molar refractivity (Wildman–Crippen MR) is 105 cm³/mol. The number of fused-ring (bicyclic) bond motifs is 2. The van der Waals surface area contributed by atoms with Crippen LogP contribution in [0.4, 0.5) is 5.69 Å². The molecule has 1 amide bonds. The van der Waals surface area contributed by atoms with Gasteiger partial charge in [-0.2, -0.15) is 0 Å². The number of benzene rings is 2. The number of anilines is 1. The van der Waals surface area contributed by atoms with E-state index in [1.54, 1.807) is 0 Å². The molecule has 1 aliphatic rings. The lowest BCUT2D eigenvalue weighted by atomic mass is 10.1. The lowest BCUT2D eigenvalue weighted by Crippen LogP contribution is -2.20. The van der Waals surface area contributed by atoms with Crippen molar-refractivity contribution in [3.63, 3.8) is 0 Å². The van der Waals surface area contributed by atoms with E-state index < -0.39 is 0 Å². The second-order valence-corrected chi connectivity index (χ2v) is 6.55. The Kier molecular flexibility index (Phi) is 4.71. The van der Waals surface area contributed by atoms with E-state index in [1.165, 1.54) is 5.56 Å². The molecule has 3 aromatic rings. The molecule has 0 saturated carbocycles. The van der Waals surface area contributed by atoms with Crippen molar-refractivity contribution < 1.29 is 14.3 Å². The molecule has 4 rings (SSSR count). The second kappa shape index (κ2) is 7.31. The van der Waals surface area contributed by atoms with Crippen molar-refractivity contribution in [2.75, 3.05) is 18.5 Å². The highest BCUT2D eigenvalue weighted by Gasteiger charge is 2.19. The average Bonchev–Trinajstić information content (AvgIpc) is 3.03. The van der Waals surface area contributed by atoms with Gasteiger partial charge in [0.1, 0.15) is 25.6 Å². The van der Waals surface area contributed by atoms with Crippen LogP contribution in [-0.2, 0) is 24.2 Å². The van der Waals surface area contributed by atoms with Gasteiger partial charge < -0.3 is 19.4 Å². The summed E-state index contributed by atoms with van der Waals surface area (Å²) in [5.74, 6) is 2.20. The molecule has 0 spiro atoms. The molecule has 0 aliphatic carbocycles. The van der Waals surface area contributed by atoms with Crippen LogP contribution in [0.25, 0.3) is 11.0 Å². The molecule has 0 unspecified atom stereocenters. The normalized spacial score (nSPS) is 13.0. The van der Waals surface area contributed by atoms with Crippen LogP contribution in [0.3, 0.4) is 0 Å². The van der Waals surface area contributed by atoms with E-state index in [0.29, 0.717) is 24.7 Å². The number of nitrogens with one attached hydrogen (secondary N) is 1. The Labute approximate surface area is 158 Å². The molecule has 1 aliphatic heterocycles. The number of carbonyl (C=O) groups excluding carboxylic acids is 1. The van der Waals surface area contributed by atoms with Gasteiger partial charge >= 0.3 is 0 Å². The number of amides is 1.